The Kier molecular flexibility index (Phi) is 6.71. The van der Waals surface area contributed by atoms with Crippen molar-refractivity contribution in [2.24, 2.45) is 4.99 Å². The van der Waals surface area contributed by atoms with Crippen LogP contribution in [0.25, 0.3) is 0 Å². The molecule has 0 bridgehead atoms. The second kappa shape index (κ2) is 6.87. The average Bonchev–Trinajstić information content (AvgIpc) is 1.99. The van der Waals surface area contributed by atoms with Gasteiger partial charge in [-0.25, -0.2) is 4.99 Å². The summed E-state index contributed by atoms with van der Waals surface area (Å²) >= 11 is 4.42. The van der Waals surface area contributed by atoms with Crippen LogP contribution in [0.5, 0.6) is 0 Å². The topological polar surface area (TPSA) is 21.6 Å². The SMILES string of the molecule is CCC(CCN=C=S)OC. The van der Waals surface area contributed by atoms with Gasteiger partial charge in [-0.1, -0.05) is 6.92 Å². The smallest absolute Gasteiger partial charge is 0.0586 e. The molecule has 0 N–H and O–H groups in total. The molecule has 0 spiro atoms. The summed E-state index contributed by atoms with van der Waals surface area (Å²) in [7, 11) is 1.72. The summed E-state index contributed by atoms with van der Waals surface area (Å²) in [4.78, 5) is 3.79. The summed E-state index contributed by atoms with van der Waals surface area (Å²) in [5, 5.41) is 2.32. The molecule has 0 aliphatic carbocycles. The second-order valence-electron chi connectivity index (χ2n) is 2.03. The molecule has 0 rings (SSSR count). The van der Waals surface area contributed by atoms with Gasteiger partial charge in [-0.2, -0.15) is 0 Å². The third kappa shape index (κ3) is 4.62. The van der Waals surface area contributed by atoms with Crippen LogP contribution in [0.3, 0.4) is 0 Å². The Morgan fingerprint density at radius 1 is 1.70 bits per heavy atom. The normalized spacial score (nSPS) is 12.2. The lowest BCUT2D eigenvalue weighted by molar-refractivity contribution is 0.0944. The van der Waals surface area contributed by atoms with Crippen LogP contribution in [0.1, 0.15) is 19.8 Å². The summed E-state index contributed by atoms with van der Waals surface area (Å²) in [6.07, 6.45) is 2.30. The summed E-state index contributed by atoms with van der Waals surface area (Å²) in [5.41, 5.74) is 0. The highest BCUT2D eigenvalue weighted by Crippen LogP contribution is 2.00. The Bertz CT molecular complexity index is 117. The minimum atomic E-state index is 0.326. The zero-order valence-electron chi connectivity index (χ0n) is 6.46. The van der Waals surface area contributed by atoms with E-state index in [1.807, 2.05) is 0 Å². The molecule has 0 aromatic carbocycles. The molecule has 0 aromatic rings. The first-order valence-electron chi connectivity index (χ1n) is 3.41. The first-order valence-corrected chi connectivity index (χ1v) is 3.82. The number of hydrogen-bond donors (Lipinski definition) is 0. The van der Waals surface area contributed by atoms with Crippen molar-refractivity contribution >= 4 is 17.4 Å². The summed E-state index contributed by atoms with van der Waals surface area (Å²) in [5.74, 6) is 0. The fraction of sp³-hybridized carbons (Fsp3) is 0.857. The van der Waals surface area contributed by atoms with Crippen molar-refractivity contribution in [3.63, 3.8) is 0 Å². The average molecular weight is 159 g/mol. The number of rotatable bonds is 5. The fourth-order valence-electron chi connectivity index (χ4n) is 0.743. The molecule has 1 atom stereocenters. The molecule has 0 radical (unpaired) electrons. The zero-order valence-corrected chi connectivity index (χ0v) is 7.28. The number of methoxy groups -OCH3 is 1. The molecule has 0 aromatic heterocycles. The highest BCUT2D eigenvalue weighted by molar-refractivity contribution is 7.78. The van der Waals surface area contributed by atoms with Gasteiger partial charge in [-0.05, 0) is 25.1 Å². The lowest BCUT2D eigenvalue weighted by Crippen LogP contribution is -2.09. The molecule has 0 saturated carbocycles. The summed E-state index contributed by atoms with van der Waals surface area (Å²) < 4.78 is 5.12. The highest BCUT2D eigenvalue weighted by Gasteiger charge is 2.01. The maximum Gasteiger partial charge on any atom is 0.0586 e. The van der Waals surface area contributed by atoms with Crippen LogP contribution in [-0.4, -0.2) is 24.9 Å². The van der Waals surface area contributed by atoms with Crippen molar-refractivity contribution in [3.8, 4) is 0 Å². The van der Waals surface area contributed by atoms with E-state index in [0.717, 1.165) is 19.4 Å². The van der Waals surface area contributed by atoms with Crippen molar-refractivity contribution < 1.29 is 4.74 Å². The maximum absolute atomic E-state index is 5.12. The molecule has 0 heterocycles. The molecule has 1 unspecified atom stereocenters. The highest BCUT2D eigenvalue weighted by atomic mass is 32.1. The van der Waals surface area contributed by atoms with Crippen molar-refractivity contribution in [1.82, 2.24) is 0 Å². The van der Waals surface area contributed by atoms with Crippen LogP contribution in [0.2, 0.25) is 0 Å². The Morgan fingerprint density at radius 2 is 2.40 bits per heavy atom. The predicted octanol–water partition coefficient (Wildman–Crippen LogP) is 1.90. The number of nitrogens with zero attached hydrogens (tertiary/aromatic N) is 1. The van der Waals surface area contributed by atoms with Crippen LogP contribution >= 0.6 is 12.2 Å². The molecule has 0 aliphatic heterocycles. The van der Waals surface area contributed by atoms with E-state index >= 15 is 0 Å². The minimum absolute atomic E-state index is 0.326. The Hall–Kier alpha value is -0.240. The van der Waals surface area contributed by atoms with E-state index in [1.165, 1.54) is 0 Å². The summed E-state index contributed by atoms with van der Waals surface area (Å²) in [6.45, 7) is 2.82. The quantitative estimate of drug-likeness (QED) is 0.451. The van der Waals surface area contributed by atoms with Crippen molar-refractivity contribution in [2.45, 2.75) is 25.9 Å². The molecule has 0 amide bonds. The monoisotopic (exact) mass is 159 g/mol. The lowest BCUT2D eigenvalue weighted by Gasteiger charge is -2.09. The minimum Gasteiger partial charge on any atom is -0.381 e. The third-order valence-corrected chi connectivity index (χ3v) is 1.55. The molecule has 2 nitrogen and oxygen atoms in total. The molecule has 10 heavy (non-hydrogen) atoms. The van der Waals surface area contributed by atoms with Crippen LogP contribution in [-0.2, 0) is 4.74 Å². The molecule has 0 aliphatic rings. The largest absolute Gasteiger partial charge is 0.381 e. The standard InChI is InChI=1S/C7H13NOS/c1-3-7(9-2)4-5-8-6-10/h7H,3-5H2,1-2H3. The molecule has 0 fully saturated rings. The van der Waals surface area contributed by atoms with Crippen molar-refractivity contribution in [2.75, 3.05) is 13.7 Å². The Labute approximate surface area is 67.3 Å². The van der Waals surface area contributed by atoms with E-state index in [2.05, 4.69) is 29.3 Å². The molecule has 58 valence electrons. The van der Waals surface area contributed by atoms with Gasteiger partial charge in [0.05, 0.1) is 17.8 Å². The van der Waals surface area contributed by atoms with Crippen LogP contribution in [0, 0.1) is 0 Å². The van der Waals surface area contributed by atoms with E-state index < -0.39 is 0 Å². The van der Waals surface area contributed by atoms with Crippen LogP contribution in [0.4, 0.5) is 0 Å². The first-order chi connectivity index (χ1) is 4.85. The Morgan fingerprint density at radius 3 is 2.80 bits per heavy atom. The van der Waals surface area contributed by atoms with Gasteiger partial charge in [-0.15, -0.1) is 0 Å². The first kappa shape index (κ1) is 9.76. The molecule has 0 saturated heterocycles. The van der Waals surface area contributed by atoms with Crippen LogP contribution in [0.15, 0.2) is 4.99 Å². The molecule has 3 heteroatoms. The third-order valence-electron chi connectivity index (χ3n) is 1.42. The van der Waals surface area contributed by atoms with E-state index in [0.29, 0.717) is 6.10 Å². The second-order valence-corrected chi connectivity index (χ2v) is 2.21. The maximum atomic E-state index is 5.12. The molecular weight excluding hydrogens is 146 g/mol. The number of isothiocyanates is 1. The number of ether oxygens (including phenoxy) is 1. The van der Waals surface area contributed by atoms with Gasteiger partial charge >= 0.3 is 0 Å². The lowest BCUT2D eigenvalue weighted by atomic mass is 10.2. The van der Waals surface area contributed by atoms with Crippen molar-refractivity contribution in [3.05, 3.63) is 0 Å². The van der Waals surface area contributed by atoms with E-state index in [1.54, 1.807) is 7.11 Å². The van der Waals surface area contributed by atoms with Gasteiger partial charge in [0.25, 0.3) is 0 Å². The van der Waals surface area contributed by atoms with Gasteiger partial charge in [0, 0.05) is 7.11 Å². The Balaban J connectivity index is 3.34. The van der Waals surface area contributed by atoms with E-state index in [9.17, 15) is 0 Å². The fourth-order valence-corrected chi connectivity index (χ4v) is 0.834. The number of aliphatic imine (C=N–C) groups is 1. The van der Waals surface area contributed by atoms with Gasteiger partial charge in [-0.3, -0.25) is 0 Å². The van der Waals surface area contributed by atoms with Gasteiger partial charge in [0.15, 0.2) is 0 Å². The van der Waals surface area contributed by atoms with Gasteiger partial charge in [0.2, 0.25) is 0 Å². The van der Waals surface area contributed by atoms with Gasteiger partial charge < -0.3 is 4.74 Å². The number of hydrogen-bond acceptors (Lipinski definition) is 3. The molecular formula is C7H13NOS. The summed E-state index contributed by atoms with van der Waals surface area (Å²) in [6, 6.07) is 0. The van der Waals surface area contributed by atoms with E-state index in [4.69, 9.17) is 4.74 Å². The van der Waals surface area contributed by atoms with Crippen LogP contribution < -0.4 is 0 Å². The zero-order chi connectivity index (χ0) is 7.82. The van der Waals surface area contributed by atoms with E-state index in [-0.39, 0.29) is 0 Å². The number of thiocarbonyl (C=S) groups is 1. The predicted molar refractivity (Wildman–Crippen MR) is 45.6 cm³/mol. The van der Waals surface area contributed by atoms with Crippen molar-refractivity contribution in [1.29, 1.82) is 0 Å². The van der Waals surface area contributed by atoms with Gasteiger partial charge in [0.1, 0.15) is 0 Å².